The molecule has 1 aromatic heterocycles. The number of hydrogen-bond donors (Lipinski definition) is 0. The second kappa shape index (κ2) is 3.09. The number of aromatic nitrogens is 1. The van der Waals surface area contributed by atoms with E-state index >= 15 is 0 Å². The van der Waals surface area contributed by atoms with Crippen molar-refractivity contribution in [3.63, 3.8) is 0 Å². The Morgan fingerprint density at radius 1 is 1.62 bits per heavy atom. The van der Waals surface area contributed by atoms with Gasteiger partial charge in [-0.25, -0.2) is 4.79 Å². The van der Waals surface area contributed by atoms with E-state index in [0.29, 0.717) is 5.69 Å². The molecule has 0 saturated carbocycles. The van der Waals surface area contributed by atoms with Crippen LogP contribution in [0.2, 0.25) is 0 Å². The van der Waals surface area contributed by atoms with Gasteiger partial charge in [0.25, 0.3) is 0 Å². The van der Waals surface area contributed by atoms with Gasteiger partial charge in [-0.05, 0) is 18.7 Å². The number of fused-ring (bicyclic) bond motifs is 1. The first-order valence-electron chi connectivity index (χ1n) is 4.04. The van der Waals surface area contributed by atoms with Crippen LogP contribution in [-0.4, -0.2) is 23.0 Å². The summed E-state index contributed by atoms with van der Waals surface area (Å²) in [4.78, 5) is 19.9. The fourth-order valence-corrected chi connectivity index (χ4v) is 1.52. The van der Waals surface area contributed by atoms with Gasteiger partial charge in [-0.2, -0.15) is 4.99 Å². The van der Waals surface area contributed by atoms with E-state index in [2.05, 4.69) is 14.9 Å². The zero-order valence-corrected chi connectivity index (χ0v) is 7.32. The topological polar surface area (TPSA) is 45.6 Å². The lowest BCUT2D eigenvalue weighted by Gasteiger charge is -2.01. The molecule has 66 valence electrons. The van der Waals surface area contributed by atoms with Gasteiger partial charge in [-0.3, -0.25) is 9.88 Å². The minimum atomic E-state index is 0.587. The Kier molecular flexibility index (Phi) is 1.93. The largest absolute Gasteiger partial charge is 0.296 e. The summed E-state index contributed by atoms with van der Waals surface area (Å²) in [6.07, 6.45) is 3.11. The number of carbonyl (C=O) groups excluding carboxylic acids is 1. The average Bonchev–Trinajstić information content (AvgIpc) is 2.44. The summed E-state index contributed by atoms with van der Waals surface area (Å²) >= 11 is 0. The van der Waals surface area contributed by atoms with Crippen LogP contribution in [0.4, 0.5) is 5.69 Å². The van der Waals surface area contributed by atoms with E-state index in [1.54, 1.807) is 6.20 Å². The standard InChI is InChI=1S/C9H9N3O/c1-12-4-7-2-8(11-6-13)3-10-9(7)5-12/h2-3H,4-5H2,1H3. The molecule has 0 saturated heterocycles. The normalized spacial score (nSPS) is 15.2. The highest BCUT2D eigenvalue weighted by Crippen LogP contribution is 2.22. The van der Waals surface area contributed by atoms with E-state index in [4.69, 9.17) is 0 Å². The summed E-state index contributed by atoms with van der Waals surface area (Å²) in [6, 6.07) is 1.89. The molecule has 0 spiro atoms. The maximum atomic E-state index is 10.0. The maximum Gasteiger partial charge on any atom is 0.240 e. The zero-order chi connectivity index (χ0) is 9.26. The molecule has 13 heavy (non-hydrogen) atoms. The highest BCUT2D eigenvalue weighted by atomic mass is 16.1. The first-order valence-corrected chi connectivity index (χ1v) is 4.04. The average molecular weight is 175 g/mol. The lowest BCUT2D eigenvalue weighted by molar-refractivity contribution is 0.351. The summed E-state index contributed by atoms with van der Waals surface area (Å²) in [5, 5.41) is 0. The van der Waals surface area contributed by atoms with Crippen LogP contribution in [0.15, 0.2) is 17.3 Å². The van der Waals surface area contributed by atoms with Crippen molar-refractivity contribution in [2.75, 3.05) is 7.05 Å². The van der Waals surface area contributed by atoms with Gasteiger partial charge in [0.2, 0.25) is 6.08 Å². The molecular formula is C9H9N3O. The monoisotopic (exact) mass is 175 g/mol. The van der Waals surface area contributed by atoms with E-state index in [-0.39, 0.29) is 0 Å². The van der Waals surface area contributed by atoms with Crippen LogP contribution in [0.5, 0.6) is 0 Å². The molecule has 0 aliphatic carbocycles. The van der Waals surface area contributed by atoms with E-state index in [1.165, 1.54) is 6.08 Å². The van der Waals surface area contributed by atoms with Gasteiger partial charge >= 0.3 is 0 Å². The molecule has 4 heteroatoms. The Bertz CT molecular complexity index is 382. The first kappa shape index (κ1) is 8.10. The van der Waals surface area contributed by atoms with Crippen LogP contribution in [0.1, 0.15) is 11.3 Å². The van der Waals surface area contributed by atoms with E-state index in [0.717, 1.165) is 24.3 Å². The Balaban J connectivity index is 2.39. The van der Waals surface area contributed by atoms with Crippen LogP contribution in [0.3, 0.4) is 0 Å². The van der Waals surface area contributed by atoms with Gasteiger partial charge in [0.1, 0.15) is 0 Å². The first-order chi connectivity index (χ1) is 6.29. The third kappa shape index (κ3) is 1.49. The molecule has 1 aromatic rings. The number of nitrogens with zero attached hydrogens (tertiary/aromatic N) is 3. The van der Waals surface area contributed by atoms with Gasteiger partial charge in [0.05, 0.1) is 17.6 Å². The molecule has 1 aliphatic heterocycles. The Morgan fingerprint density at radius 2 is 2.46 bits per heavy atom. The van der Waals surface area contributed by atoms with Crippen LogP contribution in [0.25, 0.3) is 0 Å². The molecule has 0 atom stereocenters. The molecule has 4 nitrogen and oxygen atoms in total. The molecule has 1 aliphatic rings. The van der Waals surface area contributed by atoms with Crippen LogP contribution in [-0.2, 0) is 17.9 Å². The predicted octanol–water partition coefficient (Wildman–Crippen LogP) is 0.994. The Hall–Kier alpha value is -1.51. The fraction of sp³-hybridized carbons (Fsp3) is 0.333. The number of pyridine rings is 1. The Morgan fingerprint density at radius 3 is 3.23 bits per heavy atom. The third-order valence-electron chi connectivity index (χ3n) is 2.08. The zero-order valence-electron chi connectivity index (χ0n) is 7.32. The molecule has 0 N–H and O–H groups in total. The molecular weight excluding hydrogens is 166 g/mol. The van der Waals surface area contributed by atoms with E-state index in [1.807, 2.05) is 13.1 Å². The van der Waals surface area contributed by atoms with Crippen molar-refractivity contribution < 1.29 is 4.79 Å². The van der Waals surface area contributed by atoms with Gasteiger partial charge < -0.3 is 0 Å². The second-order valence-electron chi connectivity index (χ2n) is 3.17. The predicted molar refractivity (Wildman–Crippen MR) is 47.2 cm³/mol. The third-order valence-corrected chi connectivity index (χ3v) is 2.08. The molecule has 0 aromatic carbocycles. The summed E-state index contributed by atoms with van der Waals surface area (Å²) in [5.41, 5.74) is 2.82. The van der Waals surface area contributed by atoms with Gasteiger partial charge in [-0.1, -0.05) is 0 Å². The minimum Gasteiger partial charge on any atom is -0.296 e. The van der Waals surface area contributed by atoms with Crippen LogP contribution in [0, 0.1) is 0 Å². The molecule has 0 radical (unpaired) electrons. The number of aliphatic imine (C=N–C) groups is 1. The highest BCUT2D eigenvalue weighted by Gasteiger charge is 2.16. The summed E-state index contributed by atoms with van der Waals surface area (Å²) < 4.78 is 0. The molecule has 0 amide bonds. The van der Waals surface area contributed by atoms with E-state index < -0.39 is 0 Å². The molecule has 0 bridgehead atoms. The number of isocyanates is 1. The molecule has 2 rings (SSSR count). The molecule has 0 unspecified atom stereocenters. The maximum absolute atomic E-state index is 10.0. The van der Waals surface area contributed by atoms with Crippen molar-refractivity contribution in [2.24, 2.45) is 4.99 Å². The van der Waals surface area contributed by atoms with Gasteiger partial charge in [0, 0.05) is 13.1 Å². The highest BCUT2D eigenvalue weighted by molar-refractivity contribution is 5.49. The summed E-state index contributed by atoms with van der Waals surface area (Å²) in [5.74, 6) is 0. The Labute approximate surface area is 75.9 Å². The second-order valence-corrected chi connectivity index (χ2v) is 3.17. The van der Waals surface area contributed by atoms with Crippen molar-refractivity contribution in [3.05, 3.63) is 23.5 Å². The quantitative estimate of drug-likeness (QED) is 0.472. The summed E-state index contributed by atoms with van der Waals surface area (Å²) in [6.45, 7) is 1.75. The summed E-state index contributed by atoms with van der Waals surface area (Å²) in [7, 11) is 2.03. The van der Waals surface area contributed by atoms with Crippen molar-refractivity contribution in [2.45, 2.75) is 13.1 Å². The van der Waals surface area contributed by atoms with Crippen molar-refractivity contribution >= 4 is 11.8 Å². The van der Waals surface area contributed by atoms with Gasteiger partial charge in [0.15, 0.2) is 0 Å². The van der Waals surface area contributed by atoms with Crippen molar-refractivity contribution in [1.29, 1.82) is 0 Å². The molecule has 0 fully saturated rings. The van der Waals surface area contributed by atoms with Gasteiger partial charge in [-0.15, -0.1) is 0 Å². The van der Waals surface area contributed by atoms with E-state index in [9.17, 15) is 4.79 Å². The lowest BCUT2D eigenvalue weighted by atomic mass is 10.2. The number of rotatable bonds is 1. The number of hydrogen-bond acceptors (Lipinski definition) is 4. The molecule has 2 heterocycles. The van der Waals surface area contributed by atoms with Crippen LogP contribution < -0.4 is 0 Å². The SMILES string of the molecule is CN1Cc2cc(N=C=O)cnc2C1. The van der Waals surface area contributed by atoms with Crippen LogP contribution >= 0.6 is 0 Å². The fourth-order valence-electron chi connectivity index (χ4n) is 1.52. The smallest absolute Gasteiger partial charge is 0.240 e. The van der Waals surface area contributed by atoms with Crippen molar-refractivity contribution in [3.8, 4) is 0 Å². The van der Waals surface area contributed by atoms with Crippen molar-refractivity contribution in [1.82, 2.24) is 9.88 Å². The lowest BCUT2D eigenvalue weighted by Crippen LogP contribution is -2.07. The minimum absolute atomic E-state index is 0.587.